The van der Waals surface area contributed by atoms with Crippen LogP contribution in [0.4, 0.5) is 5.13 Å². The van der Waals surface area contributed by atoms with Gasteiger partial charge in [0.2, 0.25) is 5.13 Å². The van der Waals surface area contributed by atoms with Crippen molar-refractivity contribution in [2.45, 2.75) is 20.3 Å². The average Bonchev–Trinajstić information content (AvgIpc) is 3.12. The number of rotatable bonds is 7. The number of aromatic nitrogens is 3. The molecule has 0 aliphatic carbocycles. The molecule has 0 atom stereocenters. The molecule has 0 unspecified atom stereocenters. The quantitative estimate of drug-likeness (QED) is 0.585. The molecule has 2 heterocycles. The Morgan fingerprint density at radius 3 is 2.72 bits per heavy atom. The van der Waals surface area contributed by atoms with E-state index in [2.05, 4.69) is 20.5 Å². The van der Waals surface area contributed by atoms with Crippen molar-refractivity contribution in [1.29, 1.82) is 0 Å². The predicted octanol–water partition coefficient (Wildman–Crippen LogP) is 2.30. The van der Waals surface area contributed by atoms with Gasteiger partial charge in [-0.3, -0.25) is 19.9 Å². The molecule has 0 spiro atoms. The van der Waals surface area contributed by atoms with Crippen LogP contribution in [0, 0.1) is 6.92 Å². The molecule has 0 bridgehead atoms. The second kappa shape index (κ2) is 9.20. The van der Waals surface area contributed by atoms with E-state index in [9.17, 15) is 14.4 Å². The number of nitrogens with zero attached hydrogens (tertiary/aromatic N) is 3. The molecule has 0 saturated heterocycles. The van der Waals surface area contributed by atoms with Crippen molar-refractivity contribution in [3.8, 4) is 0 Å². The van der Waals surface area contributed by atoms with E-state index in [1.165, 1.54) is 0 Å². The average molecular weight is 414 g/mol. The molecule has 150 valence electrons. The summed E-state index contributed by atoms with van der Waals surface area (Å²) in [4.78, 5) is 40.3. The number of amides is 1. The summed E-state index contributed by atoms with van der Waals surface area (Å²) >= 11 is 1.05. The van der Waals surface area contributed by atoms with Crippen LogP contribution in [-0.4, -0.2) is 46.2 Å². The van der Waals surface area contributed by atoms with E-state index >= 15 is 0 Å². The molecular formula is C19H18N4O5S. The zero-order valence-electron chi connectivity index (χ0n) is 15.8. The summed E-state index contributed by atoms with van der Waals surface area (Å²) in [6.07, 6.45) is -0.0230. The van der Waals surface area contributed by atoms with Crippen LogP contribution in [0.25, 0.3) is 10.9 Å². The Hall–Kier alpha value is -3.40. The monoisotopic (exact) mass is 414 g/mol. The van der Waals surface area contributed by atoms with E-state index in [4.69, 9.17) is 9.47 Å². The Kier molecular flexibility index (Phi) is 6.45. The van der Waals surface area contributed by atoms with Crippen LogP contribution in [0.2, 0.25) is 0 Å². The van der Waals surface area contributed by atoms with Gasteiger partial charge in [-0.1, -0.05) is 29.5 Å². The third-order valence-electron chi connectivity index (χ3n) is 3.71. The second-order valence-electron chi connectivity index (χ2n) is 5.94. The van der Waals surface area contributed by atoms with Crippen molar-refractivity contribution in [3.05, 3.63) is 46.6 Å². The van der Waals surface area contributed by atoms with Crippen molar-refractivity contribution in [3.63, 3.8) is 0 Å². The first kappa shape index (κ1) is 20.3. The number of pyridine rings is 1. The number of carbonyl (C=O) groups excluding carboxylic acids is 3. The molecule has 1 amide bonds. The maximum atomic E-state index is 12.4. The number of para-hydroxylation sites is 1. The minimum atomic E-state index is -0.623. The van der Waals surface area contributed by atoms with Crippen LogP contribution >= 0.6 is 11.3 Å². The minimum absolute atomic E-state index is 0.0230. The fourth-order valence-corrected chi connectivity index (χ4v) is 3.29. The van der Waals surface area contributed by atoms with Gasteiger partial charge in [0, 0.05) is 11.1 Å². The summed E-state index contributed by atoms with van der Waals surface area (Å²) < 4.78 is 9.96. The van der Waals surface area contributed by atoms with Crippen LogP contribution in [0.1, 0.15) is 28.0 Å². The van der Waals surface area contributed by atoms with Gasteiger partial charge in [0.1, 0.15) is 5.01 Å². The topological polar surface area (TPSA) is 120 Å². The highest BCUT2D eigenvalue weighted by molar-refractivity contribution is 7.15. The second-order valence-corrected chi connectivity index (χ2v) is 7.00. The molecule has 0 saturated carbocycles. The number of aryl methyl sites for hydroxylation is 1. The lowest BCUT2D eigenvalue weighted by molar-refractivity contribution is -0.142. The van der Waals surface area contributed by atoms with Gasteiger partial charge in [-0.15, -0.1) is 10.2 Å². The standard InChI is InChI=1S/C19H18N4O5S/c1-3-27-17(25)9-16-22-23-19(29-16)21-15(24)10-28-18(26)13-8-11(2)20-14-7-5-4-6-12(13)14/h4-8H,3,9-10H2,1-2H3,(H,21,23,24). The molecule has 1 N–H and O–H groups in total. The fourth-order valence-electron chi connectivity index (χ4n) is 2.55. The SMILES string of the molecule is CCOC(=O)Cc1nnc(NC(=O)COC(=O)c2cc(C)nc3ccccc23)s1. The summed E-state index contributed by atoms with van der Waals surface area (Å²) in [6.45, 7) is 3.28. The van der Waals surface area contributed by atoms with Crippen LogP contribution < -0.4 is 5.32 Å². The van der Waals surface area contributed by atoms with Crippen molar-refractivity contribution < 1.29 is 23.9 Å². The Bertz CT molecular complexity index is 1070. The van der Waals surface area contributed by atoms with Crippen molar-refractivity contribution in [2.75, 3.05) is 18.5 Å². The molecule has 0 aliphatic heterocycles. The third kappa shape index (κ3) is 5.32. The lowest BCUT2D eigenvalue weighted by Gasteiger charge is -2.08. The van der Waals surface area contributed by atoms with Gasteiger partial charge in [0.25, 0.3) is 5.91 Å². The van der Waals surface area contributed by atoms with Crippen molar-refractivity contribution >= 4 is 45.2 Å². The first-order valence-electron chi connectivity index (χ1n) is 8.77. The van der Waals surface area contributed by atoms with Gasteiger partial charge in [0.05, 0.1) is 24.1 Å². The number of anilines is 1. The molecule has 9 nitrogen and oxygen atoms in total. The maximum Gasteiger partial charge on any atom is 0.339 e. The van der Waals surface area contributed by atoms with Crippen LogP contribution in [-0.2, 0) is 25.5 Å². The predicted molar refractivity (Wildman–Crippen MR) is 106 cm³/mol. The molecule has 0 aliphatic rings. The number of hydrogen-bond acceptors (Lipinski definition) is 9. The molecule has 0 radical (unpaired) electrons. The highest BCUT2D eigenvalue weighted by Crippen LogP contribution is 2.19. The highest BCUT2D eigenvalue weighted by Gasteiger charge is 2.16. The number of nitrogens with one attached hydrogen (secondary N) is 1. The Morgan fingerprint density at radius 2 is 1.93 bits per heavy atom. The summed E-state index contributed by atoms with van der Waals surface area (Å²) in [5.74, 6) is -1.61. The number of fused-ring (bicyclic) bond motifs is 1. The van der Waals surface area contributed by atoms with E-state index < -0.39 is 24.5 Å². The van der Waals surface area contributed by atoms with Gasteiger partial charge < -0.3 is 9.47 Å². The number of benzene rings is 1. The summed E-state index contributed by atoms with van der Waals surface area (Å²) in [5, 5.41) is 11.4. The number of esters is 2. The molecule has 3 aromatic rings. The molecule has 1 aromatic carbocycles. The van der Waals surface area contributed by atoms with Crippen molar-refractivity contribution in [1.82, 2.24) is 15.2 Å². The fraction of sp³-hybridized carbons (Fsp3) is 0.263. The van der Waals surface area contributed by atoms with E-state index in [0.29, 0.717) is 27.2 Å². The smallest absolute Gasteiger partial charge is 0.339 e. The highest BCUT2D eigenvalue weighted by atomic mass is 32.1. The van der Waals surface area contributed by atoms with Gasteiger partial charge in [0.15, 0.2) is 6.61 Å². The first-order valence-corrected chi connectivity index (χ1v) is 9.59. The van der Waals surface area contributed by atoms with Crippen LogP contribution in [0.15, 0.2) is 30.3 Å². The van der Waals surface area contributed by atoms with Crippen molar-refractivity contribution in [2.24, 2.45) is 0 Å². The molecule has 10 heteroatoms. The molecular weight excluding hydrogens is 396 g/mol. The third-order valence-corrected chi connectivity index (χ3v) is 4.55. The summed E-state index contributed by atoms with van der Waals surface area (Å²) in [7, 11) is 0. The normalized spacial score (nSPS) is 10.6. The van der Waals surface area contributed by atoms with E-state index in [1.54, 1.807) is 38.1 Å². The number of hydrogen-bond donors (Lipinski definition) is 1. The minimum Gasteiger partial charge on any atom is -0.466 e. The zero-order valence-corrected chi connectivity index (χ0v) is 16.6. The van der Waals surface area contributed by atoms with E-state index in [1.807, 2.05) is 6.07 Å². The van der Waals surface area contributed by atoms with Gasteiger partial charge >= 0.3 is 11.9 Å². The molecule has 2 aromatic heterocycles. The molecule has 29 heavy (non-hydrogen) atoms. The lowest BCUT2D eigenvalue weighted by atomic mass is 10.1. The first-order chi connectivity index (χ1) is 14.0. The number of ether oxygens (including phenoxy) is 2. The maximum absolute atomic E-state index is 12.4. The Labute approximate surface area is 170 Å². The lowest BCUT2D eigenvalue weighted by Crippen LogP contribution is -2.21. The number of carbonyl (C=O) groups is 3. The summed E-state index contributed by atoms with van der Waals surface area (Å²) in [6, 6.07) is 8.82. The Balaban J connectivity index is 1.58. The van der Waals surface area contributed by atoms with Crippen LogP contribution in [0.5, 0.6) is 0 Å². The van der Waals surface area contributed by atoms with E-state index in [-0.39, 0.29) is 18.2 Å². The molecule has 0 fully saturated rings. The van der Waals surface area contributed by atoms with Gasteiger partial charge in [-0.05, 0) is 26.0 Å². The largest absolute Gasteiger partial charge is 0.466 e. The van der Waals surface area contributed by atoms with Gasteiger partial charge in [-0.25, -0.2) is 4.79 Å². The zero-order chi connectivity index (χ0) is 20.8. The van der Waals surface area contributed by atoms with Gasteiger partial charge in [-0.2, -0.15) is 0 Å². The summed E-state index contributed by atoms with van der Waals surface area (Å²) in [5.41, 5.74) is 1.68. The Morgan fingerprint density at radius 1 is 1.14 bits per heavy atom. The molecule has 3 rings (SSSR count). The van der Waals surface area contributed by atoms with E-state index in [0.717, 1.165) is 11.3 Å². The van der Waals surface area contributed by atoms with Crippen LogP contribution in [0.3, 0.4) is 0 Å².